The van der Waals surface area contributed by atoms with E-state index in [1.807, 2.05) is 11.2 Å². The minimum atomic E-state index is -0.347. The number of benzene rings is 1. The van der Waals surface area contributed by atoms with E-state index in [1.165, 1.54) is 0 Å². The van der Waals surface area contributed by atoms with Crippen molar-refractivity contribution in [1.29, 1.82) is 0 Å². The first kappa shape index (κ1) is 10.7. The lowest BCUT2D eigenvalue weighted by Gasteiger charge is -1.89. The third kappa shape index (κ3) is 2.72. The predicted octanol–water partition coefficient (Wildman–Crippen LogP) is 1.45. The molecule has 12 heavy (non-hydrogen) atoms. The Morgan fingerprint density at radius 3 is 2.42 bits per heavy atom. The van der Waals surface area contributed by atoms with Gasteiger partial charge < -0.3 is 0 Å². The number of hydrogen-bond donors (Lipinski definition) is 0. The number of hydrogen-bond acceptors (Lipinski definition) is 2. The van der Waals surface area contributed by atoms with Gasteiger partial charge in [0.25, 0.3) is 5.91 Å². The molecule has 3 radical (unpaired) electrons. The Kier molecular flexibility index (Phi) is 4.72. The van der Waals surface area contributed by atoms with Crippen molar-refractivity contribution in [3.8, 4) is 0 Å². The van der Waals surface area contributed by atoms with Crippen LogP contribution in [-0.4, -0.2) is 11.1 Å². The Hall–Kier alpha value is -1.35. The van der Waals surface area contributed by atoms with Crippen LogP contribution >= 0.6 is 12.2 Å². The summed E-state index contributed by atoms with van der Waals surface area (Å²) in [6, 6.07) is 8.73. The van der Waals surface area contributed by atoms with Gasteiger partial charge in [-0.3, -0.25) is 4.79 Å². The quantitative estimate of drug-likeness (QED) is 0.481. The molecule has 0 saturated heterocycles. The van der Waals surface area contributed by atoms with E-state index in [9.17, 15) is 4.79 Å². The van der Waals surface area contributed by atoms with Gasteiger partial charge in [0, 0.05) is 11.7 Å². The Balaban J connectivity index is 0.00000121. The van der Waals surface area contributed by atoms with Gasteiger partial charge in [-0.2, -0.15) is 4.99 Å². The summed E-state index contributed by atoms with van der Waals surface area (Å²) in [6.45, 7) is 0. The molecule has 0 aromatic heterocycles. The lowest BCUT2D eigenvalue weighted by Crippen LogP contribution is -1.91. The van der Waals surface area contributed by atoms with Gasteiger partial charge in [-0.25, -0.2) is 0 Å². The predicted molar refractivity (Wildman–Crippen MR) is 47.9 cm³/mol. The number of amides is 1. The molecule has 0 spiro atoms. The van der Waals surface area contributed by atoms with E-state index in [2.05, 4.69) is 17.2 Å². The summed E-state index contributed by atoms with van der Waals surface area (Å²) in [5, 5.41) is 2.02. The standard InChI is InChI=1S/C8H5NOS.N/c10-8(9-6-11)7-4-2-1-3-5-7;/h1-5H;. The summed E-state index contributed by atoms with van der Waals surface area (Å²) < 4.78 is 0. The Morgan fingerprint density at radius 2 is 1.92 bits per heavy atom. The summed E-state index contributed by atoms with van der Waals surface area (Å²) in [5.74, 6) is -0.347. The first-order valence-corrected chi connectivity index (χ1v) is 3.42. The van der Waals surface area contributed by atoms with Crippen LogP contribution in [0.1, 0.15) is 10.4 Å². The molecule has 1 rings (SSSR count). The van der Waals surface area contributed by atoms with Crippen molar-refractivity contribution < 1.29 is 4.79 Å². The van der Waals surface area contributed by atoms with Crippen molar-refractivity contribution >= 4 is 23.3 Å². The number of nitrogens with zero attached hydrogens (tertiary/aromatic N) is 2. The average molecular weight is 177 g/mol. The molecule has 59 valence electrons. The molecule has 0 unspecified atom stereocenters. The number of carbonyl (C=O) groups is 1. The molecule has 0 N–H and O–H groups in total. The average Bonchev–Trinajstić information content (AvgIpc) is 2.07. The first-order chi connectivity index (χ1) is 5.34. The fourth-order valence-electron chi connectivity index (χ4n) is 0.687. The number of isothiocyanates is 1. The first-order valence-electron chi connectivity index (χ1n) is 3.02. The highest BCUT2D eigenvalue weighted by atomic mass is 32.1. The molecule has 0 aliphatic heterocycles. The van der Waals surface area contributed by atoms with Crippen LogP contribution in [0, 0.1) is 0 Å². The van der Waals surface area contributed by atoms with Crippen LogP contribution in [-0.2, 0) is 0 Å². The van der Waals surface area contributed by atoms with E-state index in [-0.39, 0.29) is 12.1 Å². The maximum absolute atomic E-state index is 10.9. The molecular formula is C8H5N2OS. The molecular weight excluding hydrogens is 172 g/mol. The molecule has 0 aliphatic rings. The van der Waals surface area contributed by atoms with E-state index in [4.69, 9.17) is 0 Å². The van der Waals surface area contributed by atoms with Gasteiger partial charge in [-0.1, -0.05) is 18.2 Å². The largest absolute Gasteiger partial charge is 0.285 e. The van der Waals surface area contributed by atoms with Gasteiger partial charge in [0.05, 0.1) is 5.16 Å². The summed E-state index contributed by atoms with van der Waals surface area (Å²) in [6.07, 6.45) is 0. The van der Waals surface area contributed by atoms with Gasteiger partial charge in [-0.05, 0) is 24.4 Å². The van der Waals surface area contributed by atoms with Crippen molar-refractivity contribution in [3.05, 3.63) is 35.9 Å². The van der Waals surface area contributed by atoms with Crippen molar-refractivity contribution in [1.82, 2.24) is 6.15 Å². The molecule has 0 aliphatic carbocycles. The highest BCUT2D eigenvalue weighted by molar-refractivity contribution is 7.78. The SMILES string of the molecule is O=C(N=C=S)c1ccccc1.[N]. The minimum absolute atomic E-state index is 0. The molecule has 0 bridgehead atoms. The normalized spacial score (nSPS) is 7.67. The maximum atomic E-state index is 10.9. The van der Waals surface area contributed by atoms with Gasteiger partial charge in [0.1, 0.15) is 0 Å². The number of rotatable bonds is 1. The van der Waals surface area contributed by atoms with E-state index >= 15 is 0 Å². The molecule has 0 atom stereocenters. The monoisotopic (exact) mass is 177 g/mol. The fourth-order valence-corrected chi connectivity index (χ4v) is 0.770. The molecule has 1 aromatic carbocycles. The van der Waals surface area contributed by atoms with Crippen LogP contribution in [0.5, 0.6) is 0 Å². The van der Waals surface area contributed by atoms with Crippen LogP contribution in [0.4, 0.5) is 0 Å². The fraction of sp³-hybridized carbons (Fsp3) is 0. The molecule has 1 aromatic rings. The summed E-state index contributed by atoms with van der Waals surface area (Å²) in [4.78, 5) is 14.3. The minimum Gasteiger partial charge on any atom is -0.266 e. The second-order valence-corrected chi connectivity index (χ2v) is 2.06. The summed E-state index contributed by atoms with van der Waals surface area (Å²) >= 11 is 4.29. The highest BCUT2D eigenvalue weighted by Gasteiger charge is 1.99. The molecule has 1 amide bonds. The van der Waals surface area contributed by atoms with Crippen molar-refractivity contribution in [2.24, 2.45) is 4.99 Å². The van der Waals surface area contributed by atoms with Crippen LogP contribution in [0.2, 0.25) is 0 Å². The topological polar surface area (TPSA) is 59.9 Å². The van der Waals surface area contributed by atoms with Crippen LogP contribution in [0.3, 0.4) is 0 Å². The number of thiocarbonyl (C=S) groups is 1. The number of carbonyl (C=O) groups excluding carboxylic acids is 1. The van der Waals surface area contributed by atoms with Gasteiger partial charge >= 0.3 is 0 Å². The number of aliphatic imine (C=N–C) groups is 1. The molecule has 0 fully saturated rings. The van der Waals surface area contributed by atoms with Gasteiger partial charge in [0.15, 0.2) is 0 Å². The third-order valence-electron chi connectivity index (χ3n) is 1.17. The van der Waals surface area contributed by atoms with Crippen molar-refractivity contribution in [2.75, 3.05) is 0 Å². The lowest BCUT2D eigenvalue weighted by molar-refractivity contribution is 0.100. The second kappa shape index (κ2) is 5.32. The zero-order valence-corrected chi connectivity index (χ0v) is 6.91. The van der Waals surface area contributed by atoms with Gasteiger partial charge in [0.2, 0.25) is 0 Å². The van der Waals surface area contributed by atoms with Crippen LogP contribution < -0.4 is 6.15 Å². The molecule has 4 heteroatoms. The van der Waals surface area contributed by atoms with Crippen molar-refractivity contribution in [3.63, 3.8) is 0 Å². The molecule has 0 saturated carbocycles. The van der Waals surface area contributed by atoms with Crippen molar-refractivity contribution in [2.45, 2.75) is 0 Å². The van der Waals surface area contributed by atoms with Gasteiger partial charge in [-0.15, -0.1) is 0 Å². The van der Waals surface area contributed by atoms with E-state index in [0.29, 0.717) is 5.56 Å². The highest BCUT2D eigenvalue weighted by Crippen LogP contribution is 1.99. The van der Waals surface area contributed by atoms with E-state index in [1.54, 1.807) is 24.3 Å². The summed E-state index contributed by atoms with van der Waals surface area (Å²) in [5.41, 5.74) is 0.532. The third-order valence-corrected chi connectivity index (χ3v) is 1.26. The van der Waals surface area contributed by atoms with E-state index < -0.39 is 0 Å². The van der Waals surface area contributed by atoms with Crippen LogP contribution in [0.15, 0.2) is 35.3 Å². The lowest BCUT2D eigenvalue weighted by atomic mass is 10.2. The second-order valence-electron chi connectivity index (χ2n) is 1.87. The van der Waals surface area contributed by atoms with E-state index in [0.717, 1.165) is 0 Å². The molecule has 0 heterocycles. The molecule has 3 nitrogen and oxygen atoms in total. The van der Waals surface area contributed by atoms with Crippen LogP contribution in [0.25, 0.3) is 0 Å². The zero-order chi connectivity index (χ0) is 8.10. The Bertz CT molecular complexity index is 304. The Morgan fingerprint density at radius 1 is 1.33 bits per heavy atom. The maximum Gasteiger partial charge on any atom is 0.285 e. The summed E-state index contributed by atoms with van der Waals surface area (Å²) in [7, 11) is 0. The Labute approximate surface area is 75.7 Å². The zero-order valence-electron chi connectivity index (χ0n) is 6.10. The smallest absolute Gasteiger partial charge is 0.266 e.